The summed E-state index contributed by atoms with van der Waals surface area (Å²) >= 11 is 19.5. The number of halogens is 3. The number of nitrogens with zero attached hydrogens (tertiary/aromatic N) is 4. The molecule has 3 aromatic carbocycles. The predicted octanol–water partition coefficient (Wildman–Crippen LogP) is 6.84. The first-order chi connectivity index (χ1) is 16.8. The zero-order valence-corrected chi connectivity index (χ0v) is 21.9. The summed E-state index contributed by atoms with van der Waals surface area (Å²) in [4.78, 5) is 12.5. The van der Waals surface area contributed by atoms with E-state index in [1.165, 1.54) is 11.8 Å². The maximum atomic E-state index is 12.5. The summed E-state index contributed by atoms with van der Waals surface area (Å²) in [6.07, 6.45) is 0. The highest BCUT2D eigenvalue weighted by molar-refractivity contribution is 7.99. The Balaban J connectivity index is 1.53. The molecule has 0 bridgehead atoms. The summed E-state index contributed by atoms with van der Waals surface area (Å²) < 4.78 is 1.92. The van der Waals surface area contributed by atoms with E-state index >= 15 is 0 Å². The molecular weight excluding hydrogens is 525 g/mol. The van der Waals surface area contributed by atoms with Gasteiger partial charge in [0.25, 0.3) is 5.91 Å². The minimum absolute atomic E-state index is 0.0930. The Bertz CT molecular complexity index is 1390. The predicted molar refractivity (Wildman–Crippen MR) is 144 cm³/mol. The van der Waals surface area contributed by atoms with Gasteiger partial charge >= 0.3 is 0 Å². The van der Waals surface area contributed by atoms with Crippen LogP contribution in [0, 0.1) is 6.92 Å². The molecule has 0 atom stereocenters. The van der Waals surface area contributed by atoms with E-state index in [1.807, 2.05) is 47.9 Å². The van der Waals surface area contributed by atoms with E-state index in [0.29, 0.717) is 37.3 Å². The Hall–Kier alpha value is -2.84. The fourth-order valence-electron chi connectivity index (χ4n) is 3.23. The quantitative estimate of drug-likeness (QED) is 0.157. The molecule has 0 fully saturated rings. The molecule has 0 spiro atoms. The van der Waals surface area contributed by atoms with Crippen molar-refractivity contribution in [1.82, 2.24) is 20.2 Å². The van der Waals surface area contributed by atoms with Gasteiger partial charge in [0.05, 0.1) is 16.5 Å². The molecule has 0 saturated heterocycles. The average Bonchev–Trinajstić information content (AvgIpc) is 3.26. The van der Waals surface area contributed by atoms with Crippen LogP contribution in [0.3, 0.4) is 0 Å². The molecule has 0 aliphatic heterocycles. The van der Waals surface area contributed by atoms with E-state index in [-0.39, 0.29) is 11.7 Å². The van der Waals surface area contributed by atoms with E-state index in [0.717, 1.165) is 16.8 Å². The molecule has 1 aromatic heterocycles. The molecule has 1 heterocycles. The standard InChI is InChI=1S/C25H20Cl3N5OS/c1-15-3-10-20(11-4-15)33-24(17-5-7-18(26)8-6-17)31-32-25(33)35-14-23(34)30-29-16(2)21-12-9-19(27)13-22(21)28/h3-13H,14H2,1-2H3,(H,30,34)/b29-16-. The van der Waals surface area contributed by atoms with Gasteiger partial charge in [-0.05, 0) is 62.4 Å². The molecular formula is C25H20Cl3N5OS. The molecule has 0 aliphatic rings. The number of aromatic nitrogens is 3. The van der Waals surface area contributed by atoms with E-state index in [1.54, 1.807) is 37.3 Å². The number of rotatable bonds is 7. The van der Waals surface area contributed by atoms with E-state index in [9.17, 15) is 4.79 Å². The zero-order chi connectivity index (χ0) is 24.9. The average molecular weight is 545 g/mol. The lowest BCUT2D eigenvalue weighted by Crippen LogP contribution is -2.21. The molecule has 1 N–H and O–H groups in total. The SMILES string of the molecule is C/C(=N/NC(=O)CSc1nnc(-c2ccc(Cl)cc2)n1-c1ccc(C)cc1)c1ccc(Cl)cc1Cl. The monoisotopic (exact) mass is 543 g/mol. The summed E-state index contributed by atoms with van der Waals surface area (Å²) in [6.45, 7) is 3.78. The first kappa shape index (κ1) is 25.3. The number of hydrazone groups is 1. The minimum atomic E-state index is -0.286. The summed E-state index contributed by atoms with van der Waals surface area (Å²) in [5.41, 5.74) is 6.71. The fraction of sp³-hybridized carbons (Fsp3) is 0.120. The van der Waals surface area contributed by atoms with Gasteiger partial charge in [0, 0.05) is 26.9 Å². The van der Waals surface area contributed by atoms with Crippen LogP contribution >= 0.6 is 46.6 Å². The van der Waals surface area contributed by atoms with Gasteiger partial charge in [0.15, 0.2) is 11.0 Å². The Morgan fingerprint density at radius 2 is 1.66 bits per heavy atom. The van der Waals surface area contributed by atoms with Crippen molar-refractivity contribution in [3.8, 4) is 17.1 Å². The molecule has 10 heteroatoms. The molecule has 0 aliphatic carbocycles. The summed E-state index contributed by atoms with van der Waals surface area (Å²) in [7, 11) is 0. The molecule has 0 radical (unpaired) electrons. The van der Waals surface area contributed by atoms with Crippen LogP contribution in [0.15, 0.2) is 77.0 Å². The molecule has 1 amide bonds. The molecule has 4 aromatic rings. The highest BCUT2D eigenvalue weighted by Crippen LogP contribution is 2.29. The van der Waals surface area contributed by atoms with Crippen molar-refractivity contribution >= 4 is 58.2 Å². The van der Waals surface area contributed by atoms with Gasteiger partial charge in [-0.25, -0.2) is 5.43 Å². The number of hydrogen-bond acceptors (Lipinski definition) is 5. The number of thioether (sulfide) groups is 1. The number of amides is 1. The Morgan fingerprint density at radius 3 is 2.34 bits per heavy atom. The normalized spacial score (nSPS) is 11.5. The van der Waals surface area contributed by atoms with Crippen molar-refractivity contribution in [2.75, 3.05) is 5.75 Å². The maximum Gasteiger partial charge on any atom is 0.250 e. The van der Waals surface area contributed by atoms with Crippen molar-refractivity contribution in [3.63, 3.8) is 0 Å². The molecule has 4 rings (SSSR count). The van der Waals surface area contributed by atoms with Gasteiger partial charge in [0.2, 0.25) is 0 Å². The third-order valence-electron chi connectivity index (χ3n) is 5.03. The second-order valence-electron chi connectivity index (χ2n) is 7.63. The number of carbonyl (C=O) groups is 1. The Kier molecular flexibility index (Phi) is 8.13. The van der Waals surface area contributed by atoms with Gasteiger partial charge in [-0.3, -0.25) is 9.36 Å². The first-order valence-corrected chi connectivity index (χ1v) is 12.6. The van der Waals surface area contributed by atoms with Crippen LogP contribution in [0.2, 0.25) is 15.1 Å². The lowest BCUT2D eigenvalue weighted by molar-refractivity contribution is -0.118. The Labute approximate surface area is 222 Å². The summed E-state index contributed by atoms with van der Waals surface area (Å²) in [5.74, 6) is 0.459. The van der Waals surface area contributed by atoms with E-state index in [4.69, 9.17) is 34.8 Å². The highest BCUT2D eigenvalue weighted by atomic mass is 35.5. The van der Waals surface area contributed by atoms with Crippen LogP contribution in [-0.2, 0) is 4.79 Å². The van der Waals surface area contributed by atoms with E-state index in [2.05, 4.69) is 20.7 Å². The highest BCUT2D eigenvalue weighted by Gasteiger charge is 2.17. The topological polar surface area (TPSA) is 72.2 Å². The molecule has 0 unspecified atom stereocenters. The Morgan fingerprint density at radius 1 is 0.971 bits per heavy atom. The number of nitrogens with one attached hydrogen (secondary N) is 1. The molecule has 178 valence electrons. The first-order valence-electron chi connectivity index (χ1n) is 10.5. The van der Waals surface area contributed by atoms with Gasteiger partial charge in [-0.2, -0.15) is 5.10 Å². The maximum absolute atomic E-state index is 12.5. The third kappa shape index (κ3) is 6.24. The number of benzene rings is 3. The smallest absolute Gasteiger partial charge is 0.250 e. The van der Waals surface area contributed by atoms with Crippen molar-refractivity contribution in [2.24, 2.45) is 5.10 Å². The molecule has 0 saturated carbocycles. The summed E-state index contributed by atoms with van der Waals surface area (Å²) in [6, 6.07) is 20.5. The van der Waals surface area contributed by atoms with Crippen molar-refractivity contribution in [1.29, 1.82) is 0 Å². The third-order valence-corrected chi connectivity index (χ3v) is 6.76. The van der Waals surface area contributed by atoms with Gasteiger partial charge in [0.1, 0.15) is 0 Å². The number of carbonyl (C=O) groups excluding carboxylic acids is 1. The van der Waals surface area contributed by atoms with Gasteiger partial charge in [-0.1, -0.05) is 70.3 Å². The van der Waals surface area contributed by atoms with Crippen LogP contribution < -0.4 is 5.43 Å². The zero-order valence-electron chi connectivity index (χ0n) is 18.8. The van der Waals surface area contributed by atoms with Crippen LogP contribution in [-0.4, -0.2) is 32.1 Å². The lowest BCUT2D eigenvalue weighted by atomic mass is 10.1. The summed E-state index contributed by atoms with van der Waals surface area (Å²) in [5, 5.41) is 15.1. The largest absolute Gasteiger partial charge is 0.272 e. The van der Waals surface area contributed by atoms with Crippen molar-refractivity contribution in [2.45, 2.75) is 19.0 Å². The van der Waals surface area contributed by atoms with E-state index < -0.39 is 0 Å². The fourth-order valence-corrected chi connectivity index (χ4v) is 4.64. The second kappa shape index (κ2) is 11.3. The van der Waals surface area contributed by atoms with Crippen LogP contribution in [0.5, 0.6) is 0 Å². The van der Waals surface area contributed by atoms with Crippen LogP contribution in [0.4, 0.5) is 0 Å². The van der Waals surface area contributed by atoms with Gasteiger partial charge < -0.3 is 0 Å². The van der Waals surface area contributed by atoms with Crippen LogP contribution in [0.1, 0.15) is 18.1 Å². The van der Waals surface area contributed by atoms with Crippen molar-refractivity contribution < 1.29 is 4.79 Å². The number of hydrogen-bond donors (Lipinski definition) is 1. The molecule has 35 heavy (non-hydrogen) atoms. The number of aryl methyl sites for hydroxylation is 1. The second-order valence-corrected chi connectivity index (χ2v) is 9.85. The van der Waals surface area contributed by atoms with Gasteiger partial charge in [-0.15, -0.1) is 10.2 Å². The molecule has 6 nitrogen and oxygen atoms in total. The lowest BCUT2D eigenvalue weighted by Gasteiger charge is -2.11. The van der Waals surface area contributed by atoms with Crippen LogP contribution in [0.25, 0.3) is 17.1 Å². The van der Waals surface area contributed by atoms with Crippen molar-refractivity contribution in [3.05, 3.63) is 92.9 Å². The minimum Gasteiger partial charge on any atom is -0.272 e.